The molecule has 2 atom stereocenters. The van der Waals surface area contributed by atoms with Crippen molar-refractivity contribution in [3.63, 3.8) is 0 Å². The van der Waals surface area contributed by atoms with Gasteiger partial charge in [0.1, 0.15) is 0 Å². The van der Waals surface area contributed by atoms with Crippen LogP contribution in [0.4, 0.5) is 5.69 Å². The van der Waals surface area contributed by atoms with E-state index < -0.39 is 0 Å². The first-order valence-electron chi connectivity index (χ1n) is 8.00. The third-order valence-electron chi connectivity index (χ3n) is 4.49. The Bertz CT molecular complexity index is 752. The number of rotatable bonds is 3. The van der Waals surface area contributed by atoms with Gasteiger partial charge in [-0.05, 0) is 67.6 Å². The quantitative estimate of drug-likeness (QED) is 0.608. The lowest BCUT2D eigenvalue weighted by Crippen LogP contribution is -2.30. The highest BCUT2D eigenvalue weighted by Gasteiger charge is 2.31. The molecule has 2 aromatic rings. The summed E-state index contributed by atoms with van der Waals surface area (Å²) < 4.78 is 0.996. The molecule has 0 heterocycles. The molecule has 0 spiro atoms. The summed E-state index contributed by atoms with van der Waals surface area (Å²) in [6, 6.07) is 15.5. The van der Waals surface area contributed by atoms with Crippen molar-refractivity contribution in [1.82, 2.24) is 0 Å². The molecule has 0 radical (unpaired) electrons. The van der Waals surface area contributed by atoms with Gasteiger partial charge in [0, 0.05) is 21.1 Å². The van der Waals surface area contributed by atoms with Gasteiger partial charge in [-0.2, -0.15) is 0 Å². The summed E-state index contributed by atoms with van der Waals surface area (Å²) in [6.45, 7) is 2.13. The molecule has 3 rings (SSSR count). The predicted molar refractivity (Wildman–Crippen MR) is 103 cm³/mol. The molecule has 0 saturated carbocycles. The van der Waals surface area contributed by atoms with E-state index in [0.29, 0.717) is 0 Å². The van der Waals surface area contributed by atoms with Crippen molar-refractivity contribution in [3.05, 3.63) is 75.2 Å². The van der Waals surface area contributed by atoms with E-state index in [9.17, 15) is 4.79 Å². The van der Waals surface area contributed by atoms with Crippen molar-refractivity contribution in [2.24, 2.45) is 5.92 Å². The van der Waals surface area contributed by atoms with E-state index in [-0.39, 0.29) is 17.7 Å². The zero-order valence-electron chi connectivity index (χ0n) is 13.4. The first-order valence-corrected chi connectivity index (χ1v) is 9.17. The zero-order valence-corrected chi connectivity index (χ0v) is 15.8. The van der Waals surface area contributed by atoms with Crippen LogP contribution in [0, 0.1) is 5.92 Å². The van der Waals surface area contributed by atoms with Gasteiger partial charge in [-0.1, -0.05) is 51.3 Å². The van der Waals surface area contributed by atoms with Gasteiger partial charge in [-0.15, -0.1) is 0 Å². The highest BCUT2D eigenvalue weighted by atomic mass is 79.9. The predicted octanol–water partition coefficient (Wildman–Crippen LogP) is 6.18. The lowest BCUT2D eigenvalue weighted by Gasteiger charge is -2.30. The van der Waals surface area contributed by atoms with Crippen LogP contribution in [0.25, 0.3) is 0 Å². The summed E-state index contributed by atoms with van der Waals surface area (Å²) in [6.07, 6.45) is 3.85. The van der Waals surface area contributed by atoms with E-state index >= 15 is 0 Å². The molecule has 1 aliphatic carbocycles. The van der Waals surface area contributed by atoms with Crippen LogP contribution >= 0.6 is 27.5 Å². The number of halogens is 2. The number of allylic oxidation sites excluding steroid dienone is 2. The van der Waals surface area contributed by atoms with E-state index in [0.717, 1.165) is 28.0 Å². The Morgan fingerprint density at radius 2 is 1.79 bits per heavy atom. The molecule has 2 aromatic carbocycles. The molecule has 0 bridgehead atoms. The van der Waals surface area contributed by atoms with E-state index in [4.69, 9.17) is 11.6 Å². The fourth-order valence-corrected chi connectivity index (χ4v) is 3.57. The summed E-state index contributed by atoms with van der Waals surface area (Å²) in [4.78, 5) is 12.8. The third-order valence-corrected chi connectivity index (χ3v) is 5.28. The van der Waals surface area contributed by atoms with Crippen molar-refractivity contribution >= 4 is 39.1 Å². The third kappa shape index (κ3) is 4.08. The van der Waals surface area contributed by atoms with Gasteiger partial charge in [0.05, 0.1) is 0 Å². The minimum Gasteiger partial charge on any atom is -0.326 e. The number of anilines is 1. The smallest absolute Gasteiger partial charge is 0.228 e. The van der Waals surface area contributed by atoms with Crippen LogP contribution in [-0.4, -0.2) is 5.91 Å². The van der Waals surface area contributed by atoms with Crippen LogP contribution in [0.3, 0.4) is 0 Å². The SMILES string of the molecule is CC1=CCC(C(=O)Nc2ccc(Br)cc2)C(c2ccc(Cl)cc2)C1. The number of carbonyl (C=O) groups is 1. The summed E-state index contributed by atoms with van der Waals surface area (Å²) in [5, 5.41) is 3.77. The monoisotopic (exact) mass is 403 g/mol. The Labute approximate surface area is 156 Å². The molecule has 0 saturated heterocycles. The maximum atomic E-state index is 12.8. The number of nitrogens with one attached hydrogen (secondary N) is 1. The molecular weight excluding hydrogens is 386 g/mol. The van der Waals surface area contributed by atoms with Crippen molar-refractivity contribution in [2.45, 2.75) is 25.7 Å². The van der Waals surface area contributed by atoms with Crippen molar-refractivity contribution < 1.29 is 4.79 Å². The fraction of sp³-hybridized carbons (Fsp3) is 0.250. The number of benzene rings is 2. The minimum absolute atomic E-state index is 0.0704. The van der Waals surface area contributed by atoms with Gasteiger partial charge in [0.25, 0.3) is 0 Å². The molecule has 0 aromatic heterocycles. The summed E-state index contributed by atoms with van der Waals surface area (Å²) >= 11 is 9.41. The van der Waals surface area contributed by atoms with Gasteiger partial charge in [0.2, 0.25) is 5.91 Å². The zero-order chi connectivity index (χ0) is 17.1. The van der Waals surface area contributed by atoms with E-state index in [1.54, 1.807) is 0 Å². The van der Waals surface area contributed by atoms with Crippen LogP contribution in [0.2, 0.25) is 5.02 Å². The lowest BCUT2D eigenvalue weighted by molar-refractivity contribution is -0.120. The van der Waals surface area contributed by atoms with Gasteiger partial charge in [-0.3, -0.25) is 4.79 Å². The Morgan fingerprint density at radius 3 is 2.46 bits per heavy atom. The number of hydrogen-bond acceptors (Lipinski definition) is 1. The minimum atomic E-state index is -0.0708. The van der Waals surface area contributed by atoms with Crippen molar-refractivity contribution in [1.29, 1.82) is 0 Å². The molecule has 2 unspecified atom stereocenters. The molecular formula is C20H19BrClNO. The molecule has 0 fully saturated rings. The van der Waals surface area contributed by atoms with Crippen LogP contribution in [-0.2, 0) is 4.79 Å². The van der Waals surface area contributed by atoms with Gasteiger partial charge in [-0.25, -0.2) is 0 Å². The molecule has 1 amide bonds. The van der Waals surface area contributed by atoms with Crippen LogP contribution < -0.4 is 5.32 Å². The maximum Gasteiger partial charge on any atom is 0.228 e. The van der Waals surface area contributed by atoms with Gasteiger partial charge < -0.3 is 5.32 Å². The number of amides is 1. The topological polar surface area (TPSA) is 29.1 Å². The van der Waals surface area contributed by atoms with Gasteiger partial charge in [0.15, 0.2) is 0 Å². The van der Waals surface area contributed by atoms with E-state index in [2.05, 4.69) is 34.2 Å². The average Bonchev–Trinajstić information content (AvgIpc) is 2.57. The average molecular weight is 405 g/mol. The highest BCUT2D eigenvalue weighted by molar-refractivity contribution is 9.10. The van der Waals surface area contributed by atoms with Crippen LogP contribution in [0.1, 0.15) is 31.2 Å². The summed E-state index contributed by atoms with van der Waals surface area (Å²) in [5.41, 5.74) is 3.33. The Morgan fingerprint density at radius 1 is 1.12 bits per heavy atom. The molecule has 1 aliphatic rings. The Kier molecular flexibility index (Phi) is 5.42. The second-order valence-electron chi connectivity index (χ2n) is 6.25. The van der Waals surface area contributed by atoms with Crippen molar-refractivity contribution in [3.8, 4) is 0 Å². The molecule has 4 heteroatoms. The number of hydrogen-bond donors (Lipinski definition) is 1. The fourth-order valence-electron chi connectivity index (χ4n) is 3.18. The summed E-state index contributed by atoms with van der Waals surface area (Å²) in [7, 11) is 0. The lowest BCUT2D eigenvalue weighted by atomic mass is 9.75. The second-order valence-corrected chi connectivity index (χ2v) is 7.60. The summed E-state index contributed by atoms with van der Waals surface area (Å²) in [5.74, 6) is 0.183. The Hall–Kier alpha value is -1.58. The molecule has 24 heavy (non-hydrogen) atoms. The first-order chi connectivity index (χ1) is 11.5. The second kappa shape index (κ2) is 7.54. The van der Waals surface area contributed by atoms with Crippen LogP contribution in [0.15, 0.2) is 64.7 Å². The van der Waals surface area contributed by atoms with Gasteiger partial charge >= 0.3 is 0 Å². The standard InChI is InChI=1S/C20H19BrClNO/c1-13-2-11-18(19(12-13)14-3-7-16(22)8-4-14)20(24)23-17-9-5-15(21)6-10-17/h2-10,18-19H,11-12H2,1H3,(H,23,24). The first kappa shape index (κ1) is 17.2. The molecule has 124 valence electrons. The number of carbonyl (C=O) groups excluding carboxylic acids is 1. The largest absolute Gasteiger partial charge is 0.326 e. The van der Waals surface area contributed by atoms with Crippen LogP contribution in [0.5, 0.6) is 0 Å². The maximum absolute atomic E-state index is 12.8. The van der Waals surface area contributed by atoms with E-state index in [1.165, 1.54) is 11.1 Å². The van der Waals surface area contributed by atoms with Crippen molar-refractivity contribution in [2.75, 3.05) is 5.32 Å². The Balaban J connectivity index is 1.81. The normalized spacial score (nSPS) is 20.4. The highest BCUT2D eigenvalue weighted by Crippen LogP contribution is 2.38. The van der Waals surface area contributed by atoms with E-state index in [1.807, 2.05) is 48.5 Å². The molecule has 0 aliphatic heterocycles. The molecule has 1 N–H and O–H groups in total. The molecule has 2 nitrogen and oxygen atoms in total.